The number of benzene rings is 1. The lowest BCUT2D eigenvalue weighted by atomic mass is 10.1. The predicted molar refractivity (Wildman–Crippen MR) is 132 cm³/mol. The Morgan fingerprint density at radius 2 is 1.93 bits per heavy atom. The van der Waals surface area contributed by atoms with Gasteiger partial charge < -0.3 is 20.1 Å². The molecule has 0 spiro atoms. The van der Waals surface area contributed by atoms with Crippen molar-refractivity contribution in [2.45, 2.75) is 46.9 Å². The quantitative estimate of drug-likeness (QED) is 0.212. The fraction of sp³-hybridized carbons (Fsp3) is 0.476. The molecule has 0 radical (unpaired) electrons. The molecule has 0 saturated heterocycles. The predicted octanol–water partition coefficient (Wildman–Crippen LogP) is 4.21. The smallest absolute Gasteiger partial charge is 0.350 e. The summed E-state index contributed by atoms with van der Waals surface area (Å²) in [7, 11) is 1.73. The number of ether oxygens (including phenoxy) is 2. The Labute approximate surface area is 199 Å². The van der Waals surface area contributed by atoms with Gasteiger partial charge >= 0.3 is 5.97 Å². The highest BCUT2D eigenvalue weighted by atomic mass is 127. The number of halogens is 1. The molecule has 0 aliphatic carbocycles. The average molecular weight is 546 g/mol. The summed E-state index contributed by atoms with van der Waals surface area (Å²) >= 11 is 1.35. The molecule has 0 aliphatic heterocycles. The normalized spacial score (nSPS) is 12.1. The van der Waals surface area contributed by atoms with Crippen LogP contribution in [0.1, 0.15) is 58.3 Å². The number of rotatable bonds is 9. The van der Waals surface area contributed by atoms with E-state index in [0.717, 1.165) is 16.1 Å². The van der Waals surface area contributed by atoms with Crippen LogP contribution >= 0.6 is 35.3 Å². The molecule has 2 rings (SSSR count). The van der Waals surface area contributed by atoms with E-state index >= 15 is 0 Å². The number of hydrogen-bond donors (Lipinski definition) is 2. The molecule has 2 N–H and O–H groups in total. The molecule has 1 atom stereocenters. The van der Waals surface area contributed by atoms with Crippen molar-refractivity contribution in [2.24, 2.45) is 4.99 Å². The molecule has 9 heteroatoms. The molecule has 30 heavy (non-hydrogen) atoms. The van der Waals surface area contributed by atoms with E-state index < -0.39 is 0 Å². The third kappa shape index (κ3) is 7.51. The van der Waals surface area contributed by atoms with Gasteiger partial charge in [0.15, 0.2) is 5.96 Å². The van der Waals surface area contributed by atoms with E-state index in [0.29, 0.717) is 42.9 Å². The van der Waals surface area contributed by atoms with Crippen LogP contribution in [0.2, 0.25) is 0 Å². The minimum Gasteiger partial charge on any atom is -0.462 e. The van der Waals surface area contributed by atoms with Crippen molar-refractivity contribution in [3.8, 4) is 0 Å². The second-order valence-electron chi connectivity index (χ2n) is 6.38. The van der Waals surface area contributed by atoms with Gasteiger partial charge in [-0.05, 0) is 38.8 Å². The van der Waals surface area contributed by atoms with E-state index in [1.807, 2.05) is 32.9 Å². The van der Waals surface area contributed by atoms with Gasteiger partial charge in [-0.15, -0.1) is 35.3 Å². The maximum Gasteiger partial charge on any atom is 0.350 e. The van der Waals surface area contributed by atoms with Crippen molar-refractivity contribution >= 4 is 47.2 Å². The second kappa shape index (κ2) is 13.6. The number of guanidine groups is 1. The largest absolute Gasteiger partial charge is 0.462 e. The summed E-state index contributed by atoms with van der Waals surface area (Å²) in [4.78, 5) is 21.4. The van der Waals surface area contributed by atoms with Crippen molar-refractivity contribution in [2.75, 3.05) is 20.3 Å². The van der Waals surface area contributed by atoms with Gasteiger partial charge in [0, 0.05) is 20.2 Å². The molecule has 0 bridgehead atoms. The summed E-state index contributed by atoms with van der Waals surface area (Å²) < 4.78 is 10.6. The van der Waals surface area contributed by atoms with Gasteiger partial charge in [-0.2, -0.15) is 0 Å². The van der Waals surface area contributed by atoms with Crippen molar-refractivity contribution in [1.29, 1.82) is 0 Å². The lowest BCUT2D eigenvalue weighted by Crippen LogP contribution is -2.38. The zero-order valence-corrected chi connectivity index (χ0v) is 21.3. The Balaban J connectivity index is 0.00000450. The van der Waals surface area contributed by atoms with Crippen LogP contribution in [0.25, 0.3) is 0 Å². The number of carbonyl (C=O) groups is 1. The number of nitrogens with zero attached hydrogens (tertiary/aromatic N) is 2. The van der Waals surface area contributed by atoms with Crippen LogP contribution in [0.3, 0.4) is 0 Å². The summed E-state index contributed by atoms with van der Waals surface area (Å²) in [6.45, 7) is 9.84. The molecule has 7 nitrogen and oxygen atoms in total. The van der Waals surface area contributed by atoms with Gasteiger partial charge in [0.1, 0.15) is 9.88 Å². The standard InChI is InChI=1S/C21H30N4O3S.HI/c1-6-27-13-17-11-9-8-10-16(17)12-23-21(22-5)25-15(4)19-24-14(3)18(29-19)20(26)28-7-2;/h8-11,15H,6-7,12-13H2,1-5H3,(H2,22,23,25);1H. The SMILES string of the molecule is CCOCc1ccccc1CNC(=NC)NC(C)c1nc(C)c(C(=O)OCC)s1.I. The number of aliphatic imine (C=N–C) groups is 1. The Bertz CT molecular complexity index is 841. The van der Waals surface area contributed by atoms with E-state index in [2.05, 4.69) is 32.7 Å². The fourth-order valence-electron chi connectivity index (χ4n) is 2.71. The van der Waals surface area contributed by atoms with E-state index in [-0.39, 0.29) is 36.0 Å². The third-order valence-corrected chi connectivity index (χ3v) is 5.57. The van der Waals surface area contributed by atoms with Gasteiger partial charge in [0.05, 0.1) is 24.9 Å². The van der Waals surface area contributed by atoms with Crippen LogP contribution < -0.4 is 10.6 Å². The number of aromatic nitrogens is 1. The number of nitrogens with one attached hydrogen (secondary N) is 2. The minimum absolute atomic E-state index is 0. The number of carbonyl (C=O) groups excluding carboxylic acids is 1. The molecule has 1 aromatic carbocycles. The molecule has 2 aromatic rings. The second-order valence-corrected chi connectivity index (χ2v) is 7.42. The minimum atomic E-state index is -0.325. The van der Waals surface area contributed by atoms with E-state index in [1.165, 1.54) is 11.3 Å². The van der Waals surface area contributed by atoms with Gasteiger partial charge in [-0.25, -0.2) is 9.78 Å². The molecule has 166 valence electrons. The summed E-state index contributed by atoms with van der Waals surface area (Å²) in [5, 5.41) is 7.48. The zero-order valence-electron chi connectivity index (χ0n) is 18.2. The van der Waals surface area contributed by atoms with Gasteiger partial charge in [0.25, 0.3) is 0 Å². The first-order chi connectivity index (χ1) is 14.0. The number of hydrogen-bond acceptors (Lipinski definition) is 6. The number of aryl methyl sites for hydroxylation is 1. The highest BCUT2D eigenvalue weighted by Gasteiger charge is 2.20. The van der Waals surface area contributed by atoms with E-state index in [4.69, 9.17) is 9.47 Å². The molecule has 0 amide bonds. The van der Waals surface area contributed by atoms with E-state index in [1.54, 1.807) is 14.0 Å². The monoisotopic (exact) mass is 546 g/mol. The highest BCUT2D eigenvalue weighted by molar-refractivity contribution is 14.0. The molecule has 0 aliphatic rings. The van der Waals surface area contributed by atoms with Crippen LogP contribution in [0, 0.1) is 6.92 Å². The van der Waals surface area contributed by atoms with Crippen LogP contribution in [-0.4, -0.2) is 37.2 Å². The molecular formula is C21H31IN4O3S. The molecule has 0 fully saturated rings. The Morgan fingerprint density at radius 1 is 1.23 bits per heavy atom. The van der Waals surface area contributed by atoms with Crippen molar-refractivity contribution in [3.63, 3.8) is 0 Å². The first kappa shape index (κ1) is 26.3. The highest BCUT2D eigenvalue weighted by Crippen LogP contribution is 2.24. The summed E-state index contributed by atoms with van der Waals surface area (Å²) in [6, 6.07) is 8.07. The molecule has 0 saturated carbocycles. The lowest BCUT2D eigenvalue weighted by Gasteiger charge is -2.17. The van der Waals surface area contributed by atoms with Crippen LogP contribution in [-0.2, 0) is 22.6 Å². The maximum atomic E-state index is 12.0. The Hall–Kier alpha value is -1.72. The van der Waals surface area contributed by atoms with Crippen LogP contribution in [0.15, 0.2) is 29.3 Å². The maximum absolute atomic E-state index is 12.0. The Morgan fingerprint density at radius 3 is 2.57 bits per heavy atom. The molecule has 1 aromatic heterocycles. The summed E-state index contributed by atoms with van der Waals surface area (Å²) in [6.07, 6.45) is 0. The number of thiazole rings is 1. The fourth-order valence-corrected chi connectivity index (χ4v) is 3.67. The van der Waals surface area contributed by atoms with Crippen molar-refractivity contribution in [1.82, 2.24) is 15.6 Å². The third-order valence-electron chi connectivity index (χ3n) is 4.25. The average Bonchev–Trinajstić information content (AvgIpc) is 3.12. The molecule has 1 heterocycles. The first-order valence-corrected chi connectivity index (χ1v) is 10.6. The Kier molecular flexibility index (Phi) is 11.9. The van der Waals surface area contributed by atoms with E-state index in [9.17, 15) is 4.79 Å². The lowest BCUT2D eigenvalue weighted by molar-refractivity contribution is 0.0531. The first-order valence-electron chi connectivity index (χ1n) is 9.76. The van der Waals surface area contributed by atoms with Crippen molar-refractivity contribution in [3.05, 3.63) is 51.0 Å². The zero-order chi connectivity index (χ0) is 21.2. The molecule has 1 unspecified atom stereocenters. The topological polar surface area (TPSA) is 84.8 Å². The molecular weight excluding hydrogens is 515 g/mol. The van der Waals surface area contributed by atoms with Crippen molar-refractivity contribution < 1.29 is 14.3 Å². The van der Waals surface area contributed by atoms with Crippen LogP contribution in [0.4, 0.5) is 0 Å². The summed E-state index contributed by atoms with van der Waals surface area (Å²) in [5.41, 5.74) is 3.00. The summed E-state index contributed by atoms with van der Waals surface area (Å²) in [5.74, 6) is 0.337. The van der Waals surface area contributed by atoms with Gasteiger partial charge in [0.2, 0.25) is 0 Å². The van der Waals surface area contributed by atoms with Gasteiger partial charge in [-0.3, -0.25) is 4.99 Å². The van der Waals surface area contributed by atoms with Crippen LogP contribution in [0.5, 0.6) is 0 Å². The number of esters is 1. The van der Waals surface area contributed by atoms with Gasteiger partial charge in [-0.1, -0.05) is 24.3 Å².